The predicted octanol–water partition coefficient (Wildman–Crippen LogP) is 1.30. The average Bonchev–Trinajstić information content (AvgIpc) is 3.00. The van der Waals surface area contributed by atoms with Gasteiger partial charge in [-0.2, -0.15) is 0 Å². The molecule has 1 aliphatic carbocycles. The Morgan fingerprint density at radius 3 is 2.71 bits per heavy atom. The van der Waals surface area contributed by atoms with Gasteiger partial charge in [0.25, 0.3) is 5.91 Å². The maximum absolute atomic E-state index is 12.2. The zero-order chi connectivity index (χ0) is 12.4. The van der Waals surface area contributed by atoms with Crippen LogP contribution in [0.15, 0.2) is 4.63 Å². The second-order valence-electron chi connectivity index (χ2n) is 4.91. The lowest BCUT2D eigenvalue weighted by atomic mass is 10.1. The van der Waals surface area contributed by atoms with Gasteiger partial charge in [-0.05, 0) is 35.5 Å². The van der Waals surface area contributed by atoms with Crippen LogP contribution < -0.4 is 5.73 Å². The van der Waals surface area contributed by atoms with E-state index in [2.05, 4.69) is 28.8 Å². The lowest BCUT2D eigenvalue weighted by Crippen LogP contribution is -2.35. The summed E-state index contributed by atoms with van der Waals surface area (Å²) in [7, 11) is 0. The molecule has 1 fully saturated rings. The number of nitrogen functional groups attached to an aromatic ring is 1. The van der Waals surface area contributed by atoms with Crippen LogP contribution in [0.3, 0.4) is 0 Å². The fourth-order valence-electron chi connectivity index (χ4n) is 1.71. The molecule has 6 nitrogen and oxygen atoms in total. The Kier molecular flexibility index (Phi) is 3.31. The number of rotatable bonds is 5. The first-order valence-corrected chi connectivity index (χ1v) is 5.98. The zero-order valence-corrected chi connectivity index (χ0v) is 10.2. The van der Waals surface area contributed by atoms with Gasteiger partial charge in [0, 0.05) is 12.6 Å². The van der Waals surface area contributed by atoms with Gasteiger partial charge in [0.05, 0.1) is 0 Å². The maximum atomic E-state index is 12.2. The van der Waals surface area contributed by atoms with E-state index in [1.807, 2.05) is 4.90 Å². The van der Waals surface area contributed by atoms with Gasteiger partial charge in [-0.3, -0.25) is 4.79 Å². The van der Waals surface area contributed by atoms with Crippen molar-refractivity contribution in [3.05, 3.63) is 5.69 Å². The first kappa shape index (κ1) is 11.9. The summed E-state index contributed by atoms with van der Waals surface area (Å²) in [4.78, 5) is 14.0. The molecule has 1 amide bonds. The molecule has 0 saturated heterocycles. The van der Waals surface area contributed by atoms with Crippen molar-refractivity contribution in [2.24, 2.45) is 5.92 Å². The molecule has 0 spiro atoms. The molecule has 0 aromatic carbocycles. The second kappa shape index (κ2) is 4.73. The van der Waals surface area contributed by atoms with Crippen molar-refractivity contribution in [1.29, 1.82) is 0 Å². The quantitative estimate of drug-likeness (QED) is 0.835. The van der Waals surface area contributed by atoms with E-state index in [-0.39, 0.29) is 17.4 Å². The molecule has 0 unspecified atom stereocenters. The maximum Gasteiger partial charge on any atom is 0.280 e. The van der Waals surface area contributed by atoms with Crippen LogP contribution in [0.2, 0.25) is 0 Å². The first-order valence-electron chi connectivity index (χ1n) is 5.98. The Hall–Kier alpha value is -1.59. The highest BCUT2D eigenvalue weighted by Crippen LogP contribution is 2.29. The largest absolute Gasteiger partial charge is 0.379 e. The highest BCUT2D eigenvalue weighted by Gasteiger charge is 2.35. The van der Waals surface area contributed by atoms with E-state index >= 15 is 0 Å². The van der Waals surface area contributed by atoms with Crippen molar-refractivity contribution in [2.75, 3.05) is 12.3 Å². The molecule has 0 radical (unpaired) electrons. The first-order chi connectivity index (χ1) is 8.09. The van der Waals surface area contributed by atoms with Crippen molar-refractivity contribution < 1.29 is 9.42 Å². The van der Waals surface area contributed by atoms with Crippen molar-refractivity contribution >= 4 is 11.7 Å². The molecule has 1 saturated carbocycles. The third-order valence-corrected chi connectivity index (χ3v) is 2.91. The molecule has 0 bridgehead atoms. The van der Waals surface area contributed by atoms with Gasteiger partial charge in [0.1, 0.15) is 0 Å². The molecule has 1 aromatic heterocycles. The molecule has 1 aromatic rings. The van der Waals surface area contributed by atoms with E-state index < -0.39 is 0 Å². The van der Waals surface area contributed by atoms with Gasteiger partial charge in [0.2, 0.25) is 11.5 Å². The van der Waals surface area contributed by atoms with E-state index in [4.69, 9.17) is 5.73 Å². The van der Waals surface area contributed by atoms with Gasteiger partial charge in [-0.1, -0.05) is 13.8 Å². The number of aromatic nitrogens is 2. The standard InChI is InChI=1S/C11H18N4O2/c1-7(2)5-6-15(8-3-4-8)11(16)9-10(12)14-17-13-9/h7-8H,3-6H2,1-2H3,(H2,12,14). The van der Waals surface area contributed by atoms with Gasteiger partial charge in [-0.15, -0.1) is 0 Å². The molecule has 17 heavy (non-hydrogen) atoms. The summed E-state index contributed by atoms with van der Waals surface area (Å²) >= 11 is 0. The van der Waals surface area contributed by atoms with Crippen LogP contribution >= 0.6 is 0 Å². The van der Waals surface area contributed by atoms with E-state index in [9.17, 15) is 4.79 Å². The highest BCUT2D eigenvalue weighted by atomic mass is 16.6. The summed E-state index contributed by atoms with van der Waals surface area (Å²) in [6, 6.07) is 0.345. The van der Waals surface area contributed by atoms with Crippen LogP contribution in [0, 0.1) is 5.92 Å². The zero-order valence-electron chi connectivity index (χ0n) is 10.2. The average molecular weight is 238 g/mol. The SMILES string of the molecule is CC(C)CCN(C(=O)c1nonc1N)C1CC1. The van der Waals surface area contributed by atoms with Crippen LogP contribution in [-0.2, 0) is 0 Å². The number of nitrogens with two attached hydrogens (primary N) is 1. The smallest absolute Gasteiger partial charge is 0.280 e. The Bertz CT molecular complexity index is 398. The molecule has 1 aliphatic rings. The number of hydrogen-bond donors (Lipinski definition) is 1. The third kappa shape index (κ3) is 2.75. The van der Waals surface area contributed by atoms with Crippen molar-refractivity contribution in [3.8, 4) is 0 Å². The Balaban J connectivity index is 2.05. The molecular formula is C11H18N4O2. The number of nitrogens with zero attached hydrogens (tertiary/aromatic N) is 3. The molecule has 0 atom stereocenters. The van der Waals surface area contributed by atoms with Crippen LogP contribution in [0.1, 0.15) is 43.6 Å². The minimum absolute atomic E-state index is 0.0743. The van der Waals surface area contributed by atoms with Gasteiger partial charge < -0.3 is 10.6 Å². The minimum atomic E-state index is -0.160. The summed E-state index contributed by atoms with van der Waals surface area (Å²) in [6.45, 7) is 5.02. The van der Waals surface area contributed by atoms with Crippen molar-refractivity contribution in [3.63, 3.8) is 0 Å². The van der Waals surface area contributed by atoms with Gasteiger partial charge in [-0.25, -0.2) is 4.63 Å². The van der Waals surface area contributed by atoms with Gasteiger partial charge in [0.15, 0.2) is 0 Å². The fraction of sp³-hybridized carbons (Fsp3) is 0.727. The summed E-state index contributed by atoms with van der Waals surface area (Å²) in [5.74, 6) is 0.480. The van der Waals surface area contributed by atoms with Crippen LogP contribution in [-0.4, -0.2) is 33.7 Å². The van der Waals surface area contributed by atoms with Crippen molar-refractivity contribution in [2.45, 2.75) is 39.2 Å². The third-order valence-electron chi connectivity index (χ3n) is 2.91. The Labute approximate surface area is 100 Å². The predicted molar refractivity (Wildman–Crippen MR) is 62.2 cm³/mol. The topological polar surface area (TPSA) is 85.2 Å². The van der Waals surface area contributed by atoms with Crippen LogP contribution in [0.25, 0.3) is 0 Å². The van der Waals surface area contributed by atoms with E-state index in [0.29, 0.717) is 12.0 Å². The number of anilines is 1. The fourth-order valence-corrected chi connectivity index (χ4v) is 1.71. The van der Waals surface area contributed by atoms with E-state index in [1.165, 1.54) is 0 Å². The van der Waals surface area contributed by atoms with Crippen LogP contribution in [0.5, 0.6) is 0 Å². The van der Waals surface area contributed by atoms with Crippen LogP contribution in [0.4, 0.5) is 5.82 Å². The number of hydrogen-bond acceptors (Lipinski definition) is 5. The summed E-state index contributed by atoms with van der Waals surface area (Å²) in [6.07, 6.45) is 3.11. The normalized spacial score (nSPS) is 15.2. The van der Waals surface area contributed by atoms with E-state index in [0.717, 1.165) is 25.8 Å². The monoisotopic (exact) mass is 238 g/mol. The molecular weight excluding hydrogens is 220 g/mol. The molecule has 94 valence electrons. The molecule has 0 aliphatic heterocycles. The number of amides is 1. The Morgan fingerprint density at radius 1 is 1.53 bits per heavy atom. The summed E-state index contributed by atoms with van der Waals surface area (Å²) in [5.41, 5.74) is 5.68. The molecule has 2 rings (SSSR count). The minimum Gasteiger partial charge on any atom is -0.379 e. The lowest BCUT2D eigenvalue weighted by Gasteiger charge is -2.22. The van der Waals surface area contributed by atoms with Crippen molar-refractivity contribution in [1.82, 2.24) is 15.2 Å². The highest BCUT2D eigenvalue weighted by molar-refractivity contribution is 5.96. The summed E-state index contributed by atoms with van der Waals surface area (Å²) in [5, 5.41) is 7.01. The molecule has 1 heterocycles. The Morgan fingerprint density at radius 2 is 2.24 bits per heavy atom. The summed E-state index contributed by atoms with van der Waals surface area (Å²) < 4.78 is 4.47. The van der Waals surface area contributed by atoms with E-state index in [1.54, 1.807) is 0 Å². The van der Waals surface area contributed by atoms with Gasteiger partial charge >= 0.3 is 0 Å². The number of carbonyl (C=O) groups is 1. The molecule has 6 heteroatoms. The second-order valence-corrected chi connectivity index (χ2v) is 4.91. The lowest BCUT2D eigenvalue weighted by molar-refractivity contribution is 0.0725. The number of carbonyl (C=O) groups excluding carboxylic acids is 1. The molecule has 2 N–H and O–H groups in total.